The Morgan fingerprint density at radius 3 is 2.39 bits per heavy atom. The monoisotopic (exact) mass is 336 g/mol. The second kappa shape index (κ2) is 7.37. The van der Waals surface area contributed by atoms with Gasteiger partial charge in [0.2, 0.25) is 0 Å². The maximum Gasteiger partial charge on any atom is 0.387 e. The fourth-order valence-electron chi connectivity index (χ4n) is 2.03. The molecule has 0 aliphatic heterocycles. The van der Waals surface area contributed by atoms with Crippen LogP contribution in [0.2, 0.25) is 0 Å². The van der Waals surface area contributed by atoms with Gasteiger partial charge in [0.1, 0.15) is 5.75 Å². The molecule has 0 aliphatic carbocycles. The number of aryl methyl sites for hydroxylation is 3. The second-order valence-corrected chi connectivity index (χ2v) is 5.66. The van der Waals surface area contributed by atoms with E-state index in [0.29, 0.717) is 10.8 Å². The van der Waals surface area contributed by atoms with Crippen LogP contribution in [-0.2, 0) is 0 Å². The summed E-state index contributed by atoms with van der Waals surface area (Å²) in [6.07, 6.45) is 0. The largest absolute Gasteiger partial charge is 0.433 e. The number of ether oxygens (including phenoxy) is 1. The highest BCUT2D eigenvalue weighted by Gasteiger charge is 2.11. The Kier molecular flexibility index (Phi) is 5.50. The summed E-state index contributed by atoms with van der Waals surface area (Å²) < 4.78 is 29.5. The number of nitrogens with one attached hydrogen (secondary N) is 2. The van der Waals surface area contributed by atoms with Gasteiger partial charge in [0.05, 0.1) is 5.69 Å². The normalized spacial score (nSPS) is 10.5. The third-order valence-electron chi connectivity index (χ3n) is 3.37. The smallest absolute Gasteiger partial charge is 0.387 e. The molecule has 0 spiro atoms. The van der Waals surface area contributed by atoms with Crippen LogP contribution in [0.25, 0.3) is 0 Å². The van der Waals surface area contributed by atoms with E-state index in [4.69, 9.17) is 12.2 Å². The van der Waals surface area contributed by atoms with Gasteiger partial charge in [-0.05, 0) is 73.9 Å². The van der Waals surface area contributed by atoms with Crippen molar-refractivity contribution >= 4 is 28.7 Å². The SMILES string of the molecule is Cc1ccc(NC(=S)Nc2ccc(C)c(C)c2)c(OC(F)F)c1. The van der Waals surface area contributed by atoms with E-state index in [1.807, 2.05) is 32.0 Å². The molecule has 0 saturated heterocycles. The minimum atomic E-state index is -2.89. The standard InChI is InChI=1S/C17H18F2N2OS/c1-10-4-7-14(15(8-10)22-16(18)19)21-17(23)20-13-6-5-11(2)12(3)9-13/h4-9,16H,1-3H3,(H2,20,21,23). The van der Waals surface area contributed by atoms with Crippen molar-refractivity contribution in [2.24, 2.45) is 0 Å². The summed E-state index contributed by atoms with van der Waals surface area (Å²) in [5, 5.41) is 6.22. The second-order valence-electron chi connectivity index (χ2n) is 5.26. The molecule has 0 aromatic heterocycles. The van der Waals surface area contributed by atoms with Crippen molar-refractivity contribution in [1.29, 1.82) is 0 Å². The van der Waals surface area contributed by atoms with E-state index >= 15 is 0 Å². The Hall–Kier alpha value is -2.21. The summed E-state index contributed by atoms with van der Waals surface area (Å²) in [5.41, 5.74) is 4.35. The average molecular weight is 336 g/mol. The van der Waals surface area contributed by atoms with Crippen LogP contribution in [0.3, 0.4) is 0 Å². The molecule has 0 saturated carbocycles. The van der Waals surface area contributed by atoms with Crippen molar-refractivity contribution in [3.05, 3.63) is 53.1 Å². The minimum Gasteiger partial charge on any atom is -0.433 e. The number of benzene rings is 2. The van der Waals surface area contributed by atoms with Crippen LogP contribution in [0, 0.1) is 20.8 Å². The summed E-state index contributed by atoms with van der Waals surface area (Å²) in [6, 6.07) is 10.8. The van der Waals surface area contributed by atoms with Crippen LogP contribution in [0.5, 0.6) is 5.75 Å². The summed E-state index contributed by atoms with van der Waals surface area (Å²) >= 11 is 5.23. The molecule has 2 N–H and O–H groups in total. The molecule has 0 unspecified atom stereocenters. The van der Waals surface area contributed by atoms with Crippen molar-refractivity contribution in [2.45, 2.75) is 27.4 Å². The molecule has 0 amide bonds. The first kappa shape index (κ1) is 17.1. The number of alkyl halides is 2. The van der Waals surface area contributed by atoms with Crippen LogP contribution in [0.1, 0.15) is 16.7 Å². The number of thiocarbonyl (C=S) groups is 1. The fourth-order valence-corrected chi connectivity index (χ4v) is 2.26. The van der Waals surface area contributed by atoms with Crippen molar-refractivity contribution in [2.75, 3.05) is 10.6 Å². The zero-order valence-electron chi connectivity index (χ0n) is 13.1. The first-order valence-corrected chi connectivity index (χ1v) is 7.46. The van der Waals surface area contributed by atoms with Crippen LogP contribution >= 0.6 is 12.2 Å². The average Bonchev–Trinajstić information content (AvgIpc) is 2.45. The maximum atomic E-state index is 12.5. The Labute approximate surface area is 139 Å². The van der Waals surface area contributed by atoms with Crippen LogP contribution in [-0.4, -0.2) is 11.7 Å². The fraction of sp³-hybridized carbons (Fsp3) is 0.235. The molecule has 2 aromatic carbocycles. The number of anilines is 2. The molecule has 0 atom stereocenters. The summed E-state index contributed by atoms with van der Waals surface area (Å²) in [7, 11) is 0. The molecule has 0 aliphatic rings. The van der Waals surface area contributed by atoms with Gasteiger partial charge >= 0.3 is 6.61 Å². The number of hydrogen-bond donors (Lipinski definition) is 2. The highest BCUT2D eigenvalue weighted by atomic mass is 32.1. The molecule has 122 valence electrons. The van der Waals surface area contributed by atoms with Crippen LogP contribution in [0.4, 0.5) is 20.2 Å². The molecule has 0 fully saturated rings. The predicted octanol–water partition coefficient (Wildman–Crippen LogP) is 5.02. The molecular formula is C17H18F2N2OS. The van der Waals surface area contributed by atoms with Gasteiger partial charge in [0.15, 0.2) is 5.11 Å². The molecule has 2 rings (SSSR count). The van der Waals surface area contributed by atoms with E-state index in [1.165, 1.54) is 11.6 Å². The highest BCUT2D eigenvalue weighted by Crippen LogP contribution is 2.27. The predicted molar refractivity (Wildman–Crippen MR) is 93.6 cm³/mol. The molecular weight excluding hydrogens is 318 g/mol. The summed E-state index contributed by atoms with van der Waals surface area (Å²) in [5.74, 6) is 0.0595. The van der Waals surface area contributed by atoms with Crippen molar-refractivity contribution in [3.63, 3.8) is 0 Å². The topological polar surface area (TPSA) is 33.3 Å². The van der Waals surface area contributed by atoms with Crippen molar-refractivity contribution in [3.8, 4) is 5.75 Å². The molecule has 23 heavy (non-hydrogen) atoms. The maximum absolute atomic E-state index is 12.5. The molecule has 0 bridgehead atoms. The first-order valence-electron chi connectivity index (χ1n) is 7.06. The van der Waals surface area contributed by atoms with Gasteiger partial charge in [-0.15, -0.1) is 0 Å². The van der Waals surface area contributed by atoms with Gasteiger partial charge in [0.25, 0.3) is 0 Å². The number of rotatable bonds is 4. The summed E-state index contributed by atoms with van der Waals surface area (Å²) in [4.78, 5) is 0. The van der Waals surface area contributed by atoms with Gasteiger partial charge in [-0.1, -0.05) is 12.1 Å². The molecule has 0 radical (unpaired) electrons. The lowest BCUT2D eigenvalue weighted by atomic mass is 10.1. The van der Waals surface area contributed by atoms with E-state index < -0.39 is 6.61 Å². The zero-order valence-corrected chi connectivity index (χ0v) is 13.9. The molecule has 3 nitrogen and oxygen atoms in total. The van der Waals surface area contributed by atoms with Gasteiger partial charge in [-0.25, -0.2) is 0 Å². The third-order valence-corrected chi connectivity index (χ3v) is 3.57. The Morgan fingerprint density at radius 1 is 1.00 bits per heavy atom. The van der Waals surface area contributed by atoms with Gasteiger partial charge in [-0.3, -0.25) is 0 Å². The van der Waals surface area contributed by atoms with Gasteiger partial charge < -0.3 is 15.4 Å². The van der Waals surface area contributed by atoms with Crippen LogP contribution in [0.15, 0.2) is 36.4 Å². The lowest BCUT2D eigenvalue weighted by molar-refractivity contribution is -0.0493. The van der Waals surface area contributed by atoms with Gasteiger partial charge in [-0.2, -0.15) is 8.78 Å². The van der Waals surface area contributed by atoms with Crippen LogP contribution < -0.4 is 15.4 Å². The lowest BCUT2D eigenvalue weighted by Crippen LogP contribution is -2.20. The zero-order chi connectivity index (χ0) is 17.0. The Bertz CT molecular complexity index is 720. The van der Waals surface area contributed by atoms with Crippen molar-refractivity contribution in [1.82, 2.24) is 0 Å². The van der Waals surface area contributed by atoms with E-state index in [9.17, 15) is 8.78 Å². The molecule has 6 heteroatoms. The summed E-state index contributed by atoms with van der Waals surface area (Å²) in [6.45, 7) is 2.94. The van der Waals surface area contributed by atoms with E-state index in [1.54, 1.807) is 19.1 Å². The Morgan fingerprint density at radius 2 is 1.74 bits per heavy atom. The minimum absolute atomic E-state index is 0.0595. The van der Waals surface area contributed by atoms with E-state index in [-0.39, 0.29) is 5.75 Å². The van der Waals surface area contributed by atoms with E-state index in [2.05, 4.69) is 15.4 Å². The number of hydrogen-bond acceptors (Lipinski definition) is 2. The van der Waals surface area contributed by atoms with Crippen molar-refractivity contribution < 1.29 is 13.5 Å². The lowest BCUT2D eigenvalue weighted by Gasteiger charge is -2.15. The quantitative estimate of drug-likeness (QED) is 0.768. The Balaban J connectivity index is 2.11. The third kappa shape index (κ3) is 4.89. The molecule has 0 heterocycles. The number of halogens is 2. The first-order chi connectivity index (χ1) is 10.8. The van der Waals surface area contributed by atoms with E-state index in [0.717, 1.165) is 16.8 Å². The molecule has 2 aromatic rings. The van der Waals surface area contributed by atoms with Gasteiger partial charge in [0, 0.05) is 5.69 Å². The highest BCUT2D eigenvalue weighted by molar-refractivity contribution is 7.80.